The average Bonchev–Trinajstić information content (AvgIpc) is 3.10. The van der Waals surface area contributed by atoms with Crippen LogP contribution in [0.2, 0.25) is 0 Å². The van der Waals surface area contributed by atoms with Crippen molar-refractivity contribution in [3.63, 3.8) is 0 Å². The second kappa shape index (κ2) is 17.9. The summed E-state index contributed by atoms with van der Waals surface area (Å²) in [4.78, 5) is 60.7. The fraction of sp³-hybridized carbons (Fsp3) is 0.333. The van der Waals surface area contributed by atoms with E-state index in [0.29, 0.717) is 17.2 Å². The van der Waals surface area contributed by atoms with Gasteiger partial charge in [-0.25, -0.2) is 0 Å². The monoisotopic (exact) mass is 664 g/mol. The van der Waals surface area contributed by atoms with Crippen molar-refractivity contribution in [3.8, 4) is 17.2 Å². The largest absolute Gasteiger partial charge is 0.497 e. The molecular weight excluding hydrogens is 624 g/mol. The van der Waals surface area contributed by atoms with Crippen LogP contribution in [0, 0.1) is 10.1 Å². The molecule has 0 radical (unpaired) electrons. The molecule has 0 saturated carbocycles. The van der Waals surface area contributed by atoms with Gasteiger partial charge >= 0.3 is 0 Å². The Labute approximate surface area is 277 Å². The van der Waals surface area contributed by atoms with E-state index in [1.165, 1.54) is 32.2 Å². The third-order valence-corrected chi connectivity index (χ3v) is 7.33. The number of amides is 4. The van der Waals surface area contributed by atoms with Gasteiger partial charge in [0.15, 0.2) is 6.61 Å². The number of para-hydroxylation sites is 1. The summed E-state index contributed by atoms with van der Waals surface area (Å²) in [6, 6.07) is 16.2. The van der Waals surface area contributed by atoms with Crippen LogP contribution in [0.15, 0.2) is 66.7 Å². The SMILES string of the molecule is CNC(=O)C[C@@H](NC(=O)CNC(=O)[C@@H](C)NC(=O)COc1ccc([C@H](NC)c2ccc(OC)cc2OC)cc1)c1ccccc1[N+](=O)[O-]. The molecule has 0 heterocycles. The summed E-state index contributed by atoms with van der Waals surface area (Å²) >= 11 is 0. The lowest BCUT2D eigenvalue weighted by Crippen LogP contribution is -2.48. The van der Waals surface area contributed by atoms with Gasteiger partial charge in [0.1, 0.15) is 23.3 Å². The minimum atomic E-state index is -1.02. The number of nitro groups is 1. The van der Waals surface area contributed by atoms with Crippen LogP contribution >= 0.6 is 0 Å². The number of benzene rings is 3. The molecule has 15 heteroatoms. The summed E-state index contributed by atoms with van der Waals surface area (Å²) in [5.41, 5.74) is 1.71. The van der Waals surface area contributed by atoms with Gasteiger partial charge in [0.2, 0.25) is 17.7 Å². The molecule has 4 amide bonds. The summed E-state index contributed by atoms with van der Waals surface area (Å²) in [7, 11) is 6.40. The summed E-state index contributed by atoms with van der Waals surface area (Å²) < 4.78 is 16.4. The first kappa shape index (κ1) is 36.8. The second-order valence-corrected chi connectivity index (χ2v) is 10.5. The second-order valence-electron chi connectivity index (χ2n) is 10.5. The minimum absolute atomic E-state index is 0.139. The van der Waals surface area contributed by atoms with Crippen molar-refractivity contribution in [1.82, 2.24) is 26.6 Å². The molecule has 0 bridgehead atoms. The predicted molar refractivity (Wildman–Crippen MR) is 176 cm³/mol. The zero-order valence-electron chi connectivity index (χ0n) is 27.3. The molecule has 5 N–H and O–H groups in total. The maximum Gasteiger partial charge on any atom is 0.274 e. The fourth-order valence-corrected chi connectivity index (χ4v) is 4.85. The first-order chi connectivity index (χ1) is 23.0. The van der Waals surface area contributed by atoms with Crippen molar-refractivity contribution in [3.05, 3.63) is 93.5 Å². The van der Waals surface area contributed by atoms with Gasteiger partial charge < -0.3 is 40.8 Å². The van der Waals surface area contributed by atoms with Gasteiger partial charge in [-0.3, -0.25) is 29.3 Å². The molecule has 3 rings (SSSR count). The maximum atomic E-state index is 12.7. The van der Waals surface area contributed by atoms with E-state index in [1.807, 2.05) is 31.3 Å². The predicted octanol–water partition coefficient (Wildman–Crippen LogP) is 1.91. The smallest absolute Gasteiger partial charge is 0.274 e. The normalized spacial score (nSPS) is 12.4. The molecule has 0 aliphatic heterocycles. The van der Waals surface area contributed by atoms with E-state index < -0.39 is 47.2 Å². The molecule has 3 atom stereocenters. The Kier molecular flexibility index (Phi) is 13.7. The van der Waals surface area contributed by atoms with Crippen molar-refractivity contribution < 1.29 is 38.3 Å². The van der Waals surface area contributed by atoms with Gasteiger partial charge in [-0.2, -0.15) is 0 Å². The minimum Gasteiger partial charge on any atom is -0.497 e. The summed E-state index contributed by atoms with van der Waals surface area (Å²) in [6.45, 7) is 0.575. The summed E-state index contributed by atoms with van der Waals surface area (Å²) in [5.74, 6) is -0.587. The molecule has 0 unspecified atom stereocenters. The van der Waals surface area contributed by atoms with Crippen molar-refractivity contribution in [2.75, 3.05) is 41.5 Å². The molecule has 256 valence electrons. The quantitative estimate of drug-likeness (QED) is 0.105. The van der Waals surface area contributed by atoms with Crippen LogP contribution in [0.4, 0.5) is 5.69 Å². The van der Waals surface area contributed by atoms with Crippen LogP contribution in [0.1, 0.15) is 42.1 Å². The number of carbonyl (C=O) groups is 4. The first-order valence-electron chi connectivity index (χ1n) is 14.9. The lowest BCUT2D eigenvalue weighted by atomic mass is 9.97. The molecule has 3 aromatic carbocycles. The van der Waals surface area contributed by atoms with Gasteiger partial charge in [0, 0.05) is 24.7 Å². The van der Waals surface area contributed by atoms with Crippen LogP contribution in [-0.4, -0.2) is 76.1 Å². The molecule has 0 fully saturated rings. The third-order valence-electron chi connectivity index (χ3n) is 7.33. The van der Waals surface area contributed by atoms with Gasteiger partial charge in [-0.1, -0.05) is 30.3 Å². The van der Waals surface area contributed by atoms with E-state index in [-0.39, 0.29) is 30.3 Å². The van der Waals surface area contributed by atoms with E-state index in [9.17, 15) is 29.3 Å². The lowest BCUT2D eigenvalue weighted by Gasteiger charge is -2.21. The number of nitro benzene ring substituents is 1. The van der Waals surface area contributed by atoms with Gasteiger partial charge in [0.25, 0.3) is 11.6 Å². The van der Waals surface area contributed by atoms with E-state index in [4.69, 9.17) is 14.2 Å². The number of methoxy groups -OCH3 is 2. The van der Waals surface area contributed by atoms with Gasteiger partial charge in [-0.15, -0.1) is 0 Å². The Balaban J connectivity index is 1.51. The van der Waals surface area contributed by atoms with Crippen molar-refractivity contribution in [2.24, 2.45) is 0 Å². The van der Waals surface area contributed by atoms with Crippen LogP contribution in [0.5, 0.6) is 17.2 Å². The number of ether oxygens (including phenoxy) is 3. The molecule has 0 aromatic heterocycles. The van der Waals surface area contributed by atoms with E-state index >= 15 is 0 Å². The van der Waals surface area contributed by atoms with Crippen LogP contribution in [0.25, 0.3) is 0 Å². The highest BCUT2D eigenvalue weighted by Crippen LogP contribution is 2.33. The average molecular weight is 665 g/mol. The van der Waals surface area contributed by atoms with Crippen LogP contribution < -0.4 is 40.8 Å². The molecule has 3 aromatic rings. The number of nitrogens with zero attached hydrogens (tertiary/aromatic N) is 1. The highest BCUT2D eigenvalue weighted by molar-refractivity contribution is 5.90. The van der Waals surface area contributed by atoms with Crippen molar-refractivity contribution in [1.29, 1.82) is 0 Å². The van der Waals surface area contributed by atoms with E-state index in [2.05, 4.69) is 26.6 Å². The molecule has 0 saturated heterocycles. The molecule has 0 aliphatic rings. The third kappa shape index (κ3) is 10.2. The molecular formula is C33H40N6O9. The van der Waals surface area contributed by atoms with Gasteiger partial charge in [0.05, 0.1) is 49.8 Å². The highest BCUT2D eigenvalue weighted by Gasteiger charge is 2.26. The Morgan fingerprint density at radius 1 is 0.833 bits per heavy atom. The van der Waals surface area contributed by atoms with Gasteiger partial charge in [-0.05, 0) is 43.8 Å². The van der Waals surface area contributed by atoms with E-state index in [1.54, 1.807) is 38.5 Å². The Morgan fingerprint density at radius 2 is 1.52 bits per heavy atom. The number of hydrogen-bond acceptors (Lipinski definition) is 10. The number of hydrogen-bond donors (Lipinski definition) is 5. The standard InChI is InChI=1S/C33H40N6O9/c1-20(33(43)36-18-30(41)38-26(17-29(40)34-2)24-8-6-7-9-27(24)39(44)45)37-31(42)19-48-22-12-10-21(11-13-22)32(35-3)25-15-14-23(46-4)16-28(25)47-5/h6-16,20,26,32,35H,17-19H2,1-5H3,(H,34,40)(H,36,43)(H,37,42)(H,38,41)/t20-,26-,32+/m1/s1. The fourth-order valence-electron chi connectivity index (χ4n) is 4.85. The zero-order chi connectivity index (χ0) is 35.2. The Morgan fingerprint density at radius 3 is 2.15 bits per heavy atom. The Hall–Kier alpha value is -5.70. The van der Waals surface area contributed by atoms with Crippen molar-refractivity contribution >= 4 is 29.3 Å². The number of carbonyl (C=O) groups excluding carboxylic acids is 4. The lowest BCUT2D eigenvalue weighted by molar-refractivity contribution is -0.385. The topological polar surface area (TPSA) is 199 Å². The number of rotatable bonds is 17. The van der Waals surface area contributed by atoms with Crippen molar-refractivity contribution in [2.45, 2.75) is 31.5 Å². The molecule has 0 spiro atoms. The summed E-state index contributed by atoms with van der Waals surface area (Å²) in [5, 5.41) is 24.7. The molecule has 48 heavy (non-hydrogen) atoms. The first-order valence-corrected chi connectivity index (χ1v) is 14.9. The molecule has 0 aliphatic carbocycles. The van der Waals surface area contributed by atoms with Crippen LogP contribution in [-0.2, 0) is 19.2 Å². The Bertz CT molecular complexity index is 1600. The van der Waals surface area contributed by atoms with E-state index in [0.717, 1.165) is 11.1 Å². The number of nitrogens with one attached hydrogen (secondary N) is 5. The highest BCUT2D eigenvalue weighted by atomic mass is 16.6. The summed E-state index contributed by atoms with van der Waals surface area (Å²) in [6.07, 6.45) is -0.260. The maximum absolute atomic E-state index is 12.7. The zero-order valence-corrected chi connectivity index (χ0v) is 27.3. The van der Waals surface area contributed by atoms with Crippen LogP contribution in [0.3, 0.4) is 0 Å². The molecule has 15 nitrogen and oxygen atoms in total.